The first-order valence-electron chi connectivity index (χ1n) is 0.632. The van der Waals surface area contributed by atoms with Crippen LogP contribution in [0.3, 0.4) is 0 Å². The van der Waals surface area contributed by atoms with Gasteiger partial charge < -0.3 is 20.5 Å². The van der Waals surface area contributed by atoms with Crippen molar-refractivity contribution in [3.8, 4) is 0 Å². The quantitative estimate of drug-likeness (QED) is 0.325. The van der Waals surface area contributed by atoms with Crippen molar-refractivity contribution in [1.29, 1.82) is 0 Å². The third kappa shape index (κ3) is 104. The Balaban J connectivity index is -0.0000000150. The summed E-state index contributed by atoms with van der Waals surface area (Å²) in [5.41, 5.74) is 0. The summed E-state index contributed by atoms with van der Waals surface area (Å²) in [6.45, 7) is 0. The molecule has 0 heterocycles. The molecule has 0 saturated carbocycles. The van der Waals surface area contributed by atoms with Crippen LogP contribution >= 0.6 is 0 Å². The summed E-state index contributed by atoms with van der Waals surface area (Å²) in [6.07, 6.45) is -2.08. The van der Waals surface area contributed by atoms with Gasteiger partial charge in [0.2, 0.25) is 6.16 Å². The van der Waals surface area contributed by atoms with E-state index in [1.54, 1.807) is 0 Å². The Morgan fingerprint density at radius 3 is 1.57 bits per heavy atom. The predicted octanol–water partition coefficient (Wildman–Crippen LogP) is -7.28. The van der Waals surface area contributed by atoms with Crippen LogP contribution in [0.25, 0.3) is 0 Å². The monoisotopic (exact) mass is 124 g/mol. The van der Waals surface area contributed by atoms with Gasteiger partial charge in [0, 0.05) is 0 Å². The fourth-order valence-electron chi connectivity index (χ4n) is 0. The van der Waals surface area contributed by atoms with E-state index in [4.69, 9.17) is 15.0 Å². The molecule has 0 spiro atoms. The van der Waals surface area contributed by atoms with E-state index in [-0.39, 0.29) is 75.7 Å². The van der Waals surface area contributed by atoms with E-state index >= 15 is 0 Å². The van der Waals surface area contributed by atoms with Gasteiger partial charge in [-0.2, -0.15) is 0 Å². The van der Waals surface area contributed by atoms with Gasteiger partial charge in [0.1, 0.15) is 0 Å². The zero-order valence-electron chi connectivity index (χ0n) is 4.21. The SMILES string of the molecule is O=C([O-])O.[K+].[Li+].[OH-]. The molecule has 6 heteroatoms. The predicted molar refractivity (Wildman–Crippen MR) is 9.96 cm³/mol. The summed E-state index contributed by atoms with van der Waals surface area (Å²) in [6, 6.07) is 0. The van der Waals surface area contributed by atoms with Crippen molar-refractivity contribution in [2.45, 2.75) is 0 Å². The van der Waals surface area contributed by atoms with Crippen LogP contribution in [-0.2, 0) is 0 Å². The average molecular weight is 124 g/mol. The summed E-state index contributed by atoms with van der Waals surface area (Å²) < 4.78 is 0. The molecule has 0 amide bonds. The van der Waals surface area contributed by atoms with Gasteiger partial charge in [-0.25, -0.2) is 0 Å². The van der Waals surface area contributed by atoms with Gasteiger partial charge in [0.15, 0.2) is 0 Å². The van der Waals surface area contributed by atoms with Crippen molar-refractivity contribution in [2.75, 3.05) is 0 Å². The van der Waals surface area contributed by atoms with Gasteiger partial charge in [-0.15, -0.1) is 0 Å². The molecule has 0 aliphatic heterocycles. The van der Waals surface area contributed by atoms with Crippen molar-refractivity contribution in [1.82, 2.24) is 0 Å². The van der Waals surface area contributed by atoms with E-state index in [2.05, 4.69) is 0 Å². The van der Waals surface area contributed by atoms with Gasteiger partial charge in [-0.05, 0) is 0 Å². The Morgan fingerprint density at radius 2 is 1.57 bits per heavy atom. The van der Waals surface area contributed by atoms with Gasteiger partial charge in [0.05, 0.1) is 0 Å². The molecule has 0 atom stereocenters. The molecule has 0 fully saturated rings. The summed E-state index contributed by atoms with van der Waals surface area (Å²) in [4.78, 5) is 8.44. The van der Waals surface area contributed by atoms with Crippen molar-refractivity contribution in [3.63, 3.8) is 0 Å². The zero-order valence-corrected chi connectivity index (χ0v) is 7.33. The van der Waals surface area contributed by atoms with E-state index < -0.39 is 6.16 Å². The number of hydrogen-bond donors (Lipinski definition) is 1. The van der Waals surface area contributed by atoms with Crippen LogP contribution in [0.15, 0.2) is 0 Å². The molecule has 4 nitrogen and oxygen atoms in total. The van der Waals surface area contributed by atoms with E-state index in [1.807, 2.05) is 0 Å². The molecule has 0 unspecified atom stereocenters. The number of hydrogen-bond acceptors (Lipinski definition) is 3. The molecule has 0 aliphatic rings. The van der Waals surface area contributed by atoms with E-state index in [0.29, 0.717) is 0 Å². The minimum Gasteiger partial charge on any atom is -0.870 e. The smallest absolute Gasteiger partial charge is 0.870 e. The van der Waals surface area contributed by atoms with Gasteiger partial charge in [-0.1, -0.05) is 0 Å². The summed E-state index contributed by atoms with van der Waals surface area (Å²) >= 11 is 0. The van der Waals surface area contributed by atoms with Crippen LogP contribution in [-0.4, -0.2) is 16.7 Å². The van der Waals surface area contributed by atoms with Crippen molar-refractivity contribution >= 4 is 6.16 Å². The molecule has 0 aromatic rings. The van der Waals surface area contributed by atoms with E-state index in [1.165, 1.54) is 0 Å². The molecule has 0 radical (unpaired) electrons. The molecule has 0 aromatic carbocycles. The molecule has 0 aromatic heterocycles. The van der Waals surface area contributed by atoms with Gasteiger partial charge >= 0.3 is 70.2 Å². The maximum Gasteiger partial charge on any atom is 1.00 e. The van der Waals surface area contributed by atoms with Crippen LogP contribution in [0.4, 0.5) is 4.79 Å². The zero-order chi connectivity index (χ0) is 3.58. The van der Waals surface area contributed by atoms with Gasteiger partial charge in [0.25, 0.3) is 0 Å². The molecule has 2 N–H and O–H groups in total. The minimum atomic E-state index is -2.08. The van der Waals surface area contributed by atoms with Crippen LogP contribution < -0.4 is 75.4 Å². The fourth-order valence-corrected chi connectivity index (χ4v) is 0. The number of carboxylic acid groups (broad SMARTS) is 2. The van der Waals surface area contributed by atoms with Crippen LogP contribution in [0.2, 0.25) is 0 Å². The Bertz CT molecular complexity index is 34.7. The van der Waals surface area contributed by atoms with Crippen molar-refractivity contribution < 1.29 is 90.7 Å². The first-order valence-corrected chi connectivity index (χ1v) is 0.632. The average Bonchev–Trinajstić information content (AvgIpc) is 0.811. The second-order valence-corrected chi connectivity index (χ2v) is 0.266. The molecule has 0 saturated heterocycles. The first kappa shape index (κ1) is 23.7. The third-order valence-corrected chi connectivity index (χ3v) is 0. The van der Waals surface area contributed by atoms with Crippen molar-refractivity contribution in [3.05, 3.63) is 0 Å². The molecule has 0 rings (SSSR count). The third-order valence-electron chi connectivity index (χ3n) is 0. The minimum absolute atomic E-state index is 0. The van der Waals surface area contributed by atoms with Crippen molar-refractivity contribution in [2.24, 2.45) is 0 Å². The number of carbonyl (C=O) groups is 1. The second kappa shape index (κ2) is 15.7. The van der Waals surface area contributed by atoms with Gasteiger partial charge in [-0.3, -0.25) is 0 Å². The van der Waals surface area contributed by atoms with Crippen LogP contribution in [0, 0.1) is 0 Å². The molecular weight excluding hydrogens is 122 g/mol. The summed E-state index contributed by atoms with van der Waals surface area (Å²) in [5, 5.41) is 15.3. The first-order chi connectivity index (χ1) is 1.73. The summed E-state index contributed by atoms with van der Waals surface area (Å²) in [5.74, 6) is 0. The second-order valence-electron chi connectivity index (χ2n) is 0.266. The number of rotatable bonds is 0. The Labute approximate surface area is 95.2 Å². The standard InChI is InChI=1S/CH2O3.K.Li.H2O/c2-1(3)4;;;/h(H2,2,3,4);;;1H2/q;2*+1;/p-2. The maximum atomic E-state index is 8.44. The maximum absolute atomic E-state index is 8.44. The Hall–Kier alpha value is 1.46. The molecular formula is CH2KLiO4. The van der Waals surface area contributed by atoms with Crippen LogP contribution in [0.5, 0.6) is 0 Å². The summed E-state index contributed by atoms with van der Waals surface area (Å²) in [7, 11) is 0. The Kier molecular flexibility index (Phi) is 52.9. The molecule has 7 heavy (non-hydrogen) atoms. The Morgan fingerprint density at radius 1 is 1.57 bits per heavy atom. The topological polar surface area (TPSA) is 90.4 Å². The fraction of sp³-hybridized carbons (Fsp3) is 0. The largest absolute Gasteiger partial charge is 1.00 e. The molecule has 0 aliphatic carbocycles. The van der Waals surface area contributed by atoms with E-state index in [9.17, 15) is 0 Å². The molecule has 32 valence electrons. The van der Waals surface area contributed by atoms with Crippen LogP contribution in [0.1, 0.15) is 0 Å². The molecule has 0 bridgehead atoms. The van der Waals surface area contributed by atoms with E-state index in [0.717, 1.165) is 0 Å². The normalized spacial score (nSPS) is 3.43.